The highest BCUT2D eigenvalue weighted by Crippen LogP contribution is 2.42. The van der Waals surface area contributed by atoms with Gasteiger partial charge in [-0.1, -0.05) is 40.2 Å². The van der Waals surface area contributed by atoms with Crippen LogP contribution in [0.4, 0.5) is 4.39 Å². The van der Waals surface area contributed by atoms with Crippen molar-refractivity contribution >= 4 is 33.5 Å². The van der Waals surface area contributed by atoms with E-state index in [0.717, 1.165) is 0 Å². The lowest BCUT2D eigenvalue weighted by molar-refractivity contribution is -0.140. The van der Waals surface area contributed by atoms with Gasteiger partial charge in [0.2, 0.25) is 5.78 Å². The van der Waals surface area contributed by atoms with E-state index < -0.39 is 29.3 Å². The zero-order valence-electron chi connectivity index (χ0n) is 12.7. The molecule has 4 rings (SSSR count). The molecule has 0 N–H and O–H groups in total. The van der Waals surface area contributed by atoms with Gasteiger partial charge in [-0.2, -0.15) is 0 Å². The van der Waals surface area contributed by atoms with Gasteiger partial charge in [-0.3, -0.25) is 14.4 Å². The molecule has 0 saturated carbocycles. The van der Waals surface area contributed by atoms with Gasteiger partial charge in [0, 0.05) is 21.5 Å². The summed E-state index contributed by atoms with van der Waals surface area (Å²) in [4.78, 5) is 37.6. The molecular weight excluding hydrogens is 391 g/mol. The second-order valence-corrected chi connectivity index (χ2v) is 6.76. The number of hydrogen-bond donors (Lipinski definition) is 0. The van der Waals surface area contributed by atoms with Crippen LogP contribution in [0.3, 0.4) is 0 Å². The van der Waals surface area contributed by atoms with E-state index in [-0.39, 0.29) is 34.4 Å². The highest BCUT2D eigenvalue weighted by Gasteiger charge is 2.43. The molecule has 1 atom stereocenters. The molecule has 0 spiro atoms. The van der Waals surface area contributed by atoms with Crippen LogP contribution in [0.15, 0.2) is 58.3 Å². The molecule has 0 radical (unpaired) electrons. The fraction of sp³-hybridized carbons (Fsp3) is 0.105. The van der Waals surface area contributed by atoms with Crippen molar-refractivity contribution < 1.29 is 23.5 Å². The number of esters is 1. The van der Waals surface area contributed by atoms with E-state index in [1.807, 2.05) is 0 Å². The van der Waals surface area contributed by atoms with E-state index >= 15 is 0 Å². The van der Waals surface area contributed by atoms with Crippen LogP contribution in [0.1, 0.15) is 38.6 Å². The molecule has 2 aromatic rings. The third-order valence-electron chi connectivity index (χ3n) is 4.38. The van der Waals surface area contributed by atoms with Crippen molar-refractivity contribution in [2.24, 2.45) is 0 Å². The Morgan fingerprint density at radius 3 is 2.40 bits per heavy atom. The molecule has 0 bridgehead atoms. The maximum absolute atomic E-state index is 14.4. The van der Waals surface area contributed by atoms with E-state index in [4.69, 9.17) is 4.74 Å². The molecule has 1 heterocycles. The van der Waals surface area contributed by atoms with Gasteiger partial charge in [-0.15, -0.1) is 0 Å². The van der Waals surface area contributed by atoms with Gasteiger partial charge >= 0.3 is 5.97 Å². The Morgan fingerprint density at radius 1 is 1.00 bits per heavy atom. The third kappa shape index (κ3) is 2.44. The van der Waals surface area contributed by atoms with E-state index in [9.17, 15) is 18.8 Å². The molecule has 0 unspecified atom stereocenters. The largest absolute Gasteiger partial charge is 0.422 e. The van der Waals surface area contributed by atoms with Gasteiger partial charge in [0.05, 0.1) is 12.0 Å². The first-order chi connectivity index (χ1) is 12.0. The van der Waals surface area contributed by atoms with Crippen molar-refractivity contribution in [1.29, 1.82) is 0 Å². The van der Waals surface area contributed by atoms with Gasteiger partial charge in [-0.25, -0.2) is 4.39 Å². The number of fused-ring (bicyclic) bond motifs is 1. The number of carbonyl (C=O) groups is 3. The SMILES string of the molecule is O=C1C[C@@H](c2cc(Br)ccc2F)C2=C(O1)C(=O)c1ccccc1C2=O. The molecule has 2 aliphatic rings. The van der Waals surface area contributed by atoms with Crippen molar-refractivity contribution in [3.8, 4) is 0 Å². The maximum Gasteiger partial charge on any atom is 0.312 e. The van der Waals surface area contributed by atoms with Crippen LogP contribution in [0.2, 0.25) is 0 Å². The topological polar surface area (TPSA) is 60.4 Å². The molecule has 1 aliphatic heterocycles. The molecule has 1 aliphatic carbocycles. The minimum absolute atomic E-state index is 0.0419. The Hall–Kier alpha value is -2.60. The summed E-state index contributed by atoms with van der Waals surface area (Å²) >= 11 is 3.27. The minimum atomic E-state index is -0.862. The molecule has 0 aromatic heterocycles. The number of halogens is 2. The highest BCUT2D eigenvalue weighted by atomic mass is 79.9. The number of rotatable bonds is 1. The van der Waals surface area contributed by atoms with Crippen LogP contribution >= 0.6 is 15.9 Å². The average Bonchev–Trinajstić information content (AvgIpc) is 2.61. The Kier molecular flexibility index (Phi) is 3.65. The second-order valence-electron chi connectivity index (χ2n) is 5.84. The normalized spacial score (nSPS) is 19.4. The summed E-state index contributed by atoms with van der Waals surface area (Å²) < 4.78 is 20.1. The van der Waals surface area contributed by atoms with Crippen LogP contribution in [-0.4, -0.2) is 17.5 Å². The monoisotopic (exact) mass is 400 g/mol. The summed E-state index contributed by atoms with van der Waals surface area (Å²) in [5.41, 5.74) is 0.651. The van der Waals surface area contributed by atoms with Gasteiger partial charge in [0.25, 0.3) is 0 Å². The number of allylic oxidation sites excluding steroid dienone is 2. The lowest BCUT2D eigenvalue weighted by atomic mass is 9.77. The van der Waals surface area contributed by atoms with Crippen molar-refractivity contribution in [2.75, 3.05) is 0 Å². The number of carbonyl (C=O) groups excluding carboxylic acids is 3. The quantitative estimate of drug-likeness (QED) is 0.679. The fourth-order valence-electron chi connectivity index (χ4n) is 3.26. The van der Waals surface area contributed by atoms with Crippen LogP contribution in [0.5, 0.6) is 0 Å². The fourth-order valence-corrected chi connectivity index (χ4v) is 3.64. The molecule has 2 aromatic carbocycles. The van der Waals surface area contributed by atoms with E-state index in [2.05, 4.69) is 15.9 Å². The van der Waals surface area contributed by atoms with Crippen molar-refractivity contribution in [1.82, 2.24) is 0 Å². The molecule has 0 saturated heterocycles. The third-order valence-corrected chi connectivity index (χ3v) is 4.87. The predicted molar refractivity (Wildman–Crippen MR) is 89.7 cm³/mol. The molecular formula is C19H10BrFO4. The molecule has 4 nitrogen and oxygen atoms in total. The zero-order valence-corrected chi connectivity index (χ0v) is 14.3. The molecule has 124 valence electrons. The Bertz CT molecular complexity index is 993. The van der Waals surface area contributed by atoms with Crippen LogP contribution in [0.25, 0.3) is 0 Å². The van der Waals surface area contributed by atoms with Gasteiger partial charge in [0.15, 0.2) is 11.5 Å². The van der Waals surface area contributed by atoms with E-state index in [0.29, 0.717) is 4.47 Å². The van der Waals surface area contributed by atoms with Gasteiger partial charge in [-0.05, 0) is 23.8 Å². The van der Waals surface area contributed by atoms with E-state index in [1.165, 1.54) is 24.3 Å². The molecule has 6 heteroatoms. The number of ketones is 2. The smallest absolute Gasteiger partial charge is 0.312 e. The summed E-state index contributed by atoms with van der Waals surface area (Å²) in [6, 6.07) is 10.6. The van der Waals surface area contributed by atoms with Gasteiger partial charge < -0.3 is 4.74 Å². The molecule has 25 heavy (non-hydrogen) atoms. The lowest BCUT2D eigenvalue weighted by Gasteiger charge is -2.30. The van der Waals surface area contributed by atoms with Crippen LogP contribution < -0.4 is 0 Å². The first kappa shape index (κ1) is 15.9. The van der Waals surface area contributed by atoms with Crippen molar-refractivity contribution in [3.63, 3.8) is 0 Å². The summed E-state index contributed by atoms with van der Waals surface area (Å²) in [6.07, 6.45) is -0.201. The van der Waals surface area contributed by atoms with Crippen molar-refractivity contribution in [3.05, 3.63) is 80.8 Å². The number of hydrogen-bond acceptors (Lipinski definition) is 4. The summed E-state index contributed by atoms with van der Waals surface area (Å²) in [5.74, 6) is -3.30. The highest BCUT2D eigenvalue weighted by molar-refractivity contribution is 9.10. The maximum atomic E-state index is 14.4. The number of benzene rings is 2. The molecule has 0 fully saturated rings. The second kappa shape index (κ2) is 5.74. The van der Waals surface area contributed by atoms with Crippen LogP contribution in [0, 0.1) is 5.82 Å². The number of Topliss-reactive ketones (excluding diaryl/α,β-unsaturated/α-hetero) is 2. The van der Waals surface area contributed by atoms with E-state index in [1.54, 1.807) is 18.2 Å². The standard InChI is InChI=1S/C19H10BrFO4/c20-9-5-6-14(21)12(7-9)13-8-15(22)25-19-16(13)17(23)10-3-1-2-4-11(10)18(19)24/h1-7,13H,8H2/t13-/m0/s1. The number of ether oxygens (including phenoxy) is 1. The van der Waals surface area contributed by atoms with Crippen molar-refractivity contribution in [2.45, 2.75) is 12.3 Å². The summed E-state index contributed by atoms with van der Waals surface area (Å²) in [7, 11) is 0. The zero-order chi connectivity index (χ0) is 17.7. The first-order valence-electron chi connectivity index (χ1n) is 7.55. The van der Waals surface area contributed by atoms with Gasteiger partial charge in [0.1, 0.15) is 5.82 Å². The average molecular weight is 401 g/mol. The Morgan fingerprint density at radius 2 is 1.68 bits per heavy atom. The summed E-state index contributed by atoms with van der Waals surface area (Å²) in [6.45, 7) is 0. The first-order valence-corrected chi connectivity index (χ1v) is 8.35. The Labute approximate surface area is 150 Å². The lowest BCUT2D eigenvalue weighted by Crippen LogP contribution is -2.33. The Balaban J connectivity index is 1.95. The minimum Gasteiger partial charge on any atom is -0.422 e. The molecule has 0 amide bonds. The summed E-state index contributed by atoms with van der Waals surface area (Å²) in [5, 5.41) is 0. The predicted octanol–water partition coefficient (Wildman–Crippen LogP) is 3.95. The van der Waals surface area contributed by atoms with Crippen LogP contribution in [-0.2, 0) is 9.53 Å².